The molecule has 0 aliphatic heterocycles. The molecule has 0 aliphatic rings. The van der Waals surface area contributed by atoms with E-state index in [4.69, 9.17) is 10.2 Å². The maximum Gasteiger partial charge on any atom is 0.305 e. The van der Waals surface area contributed by atoms with Gasteiger partial charge in [-0.1, -0.05) is 6.07 Å². The Balaban J connectivity index is 2.41. The molecule has 0 atom stereocenters. The summed E-state index contributed by atoms with van der Waals surface area (Å²) in [7, 11) is 0. The Hall–Kier alpha value is -1.71. The Morgan fingerprint density at radius 1 is 1.46 bits per heavy atom. The van der Waals surface area contributed by atoms with Crippen molar-refractivity contribution >= 4 is 11.7 Å². The van der Waals surface area contributed by atoms with Gasteiger partial charge in [-0.2, -0.15) is 0 Å². The van der Waals surface area contributed by atoms with Crippen LogP contribution in [-0.4, -0.2) is 22.7 Å². The molecule has 1 rings (SSSR count). The van der Waals surface area contributed by atoms with E-state index in [1.165, 1.54) is 0 Å². The van der Waals surface area contributed by atoms with Gasteiger partial charge < -0.3 is 15.5 Å². The van der Waals surface area contributed by atoms with Gasteiger partial charge in [0.1, 0.15) is 5.75 Å². The molecule has 4 nitrogen and oxygen atoms in total. The fraction of sp³-hybridized carbons (Fsp3) is 0.222. The van der Waals surface area contributed by atoms with Crippen LogP contribution in [0.3, 0.4) is 0 Å². The normalized spacial score (nSPS) is 9.54. The van der Waals surface area contributed by atoms with Crippen LogP contribution >= 0.6 is 0 Å². The molecule has 0 fully saturated rings. The molecular formula is C9H11NO3. The molecule has 0 unspecified atom stereocenters. The quantitative estimate of drug-likeness (QED) is 0.654. The molecule has 0 spiro atoms. The fourth-order valence-corrected chi connectivity index (χ4v) is 0.930. The number of anilines is 1. The van der Waals surface area contributed by atoms with Crippen molar-refractivity contribution in [1.29, 1.82) is 0 Å². The Morgan fingerprint density at radius 3 is 2.85 bits per heavy atom. The highest BCUT2D eigenvalue weighted by Gasteiger charge is 1.96. The molecule has 4 heteroatoms. The third kappa shape index (κ3) is 3.46. The van der Waals surface area contributed by atoms with E-state index in [-0.39, 0.29) is 12.2 Å². The van der Waals surface area contributed by atoms with Crippen LogP contribution in [0.5, 0.6) is 5.75 Å². The number of carboxylic acid groups (broad SMARTS) is 1. The van der Waals surface area contributed by atoms with Crippen LogP contribution in [0.25, 0.3) is 0 Å². The van der Waals surface area contributed by atoms with E-state index in [0.29, 0.717) is 6.54 Å². The summed E-state index contributed by atoms with van der Waals surface area (Å²) in [5, 5.41) is 20.3. The van der Waals surface area contributed by atoms with E-state index in [0.717, 1.165) is 5.69 Å². The summed E-state index contributed by atoms with van der Waals surface area (Å²) in [6, 6.07) is 6.56. The highest BCUT2D eigenvalue weighted by molar-refractivity contribution is 5.67. The van der Waals surface area contributed by atoms with Crippen molar-refractivity contribution in [3.05, 3.63) is 24.3 Å². The van der Waals surface area contributed by atoms with Crippen molar-refractivity contribution in [3.8, 4) is 5.75 Å². The summed E-state index contributed by atoms with van der Waals surface area (Å²) in [5.74, 6) is -0.673. The van der Waals surface area contributed by atoms with Crippen LogP contribution in [0.2, 0.25) is 0 Å². The smallest absolute Gasteiger partial charge is 0.305 e. The Kier molecular flexibility index (Phi) is 3.14. The number of carboxylic acids is 1. The van der Waals surface area contributed by atoms with Crippen LogP contribution in [0.15, 0.2) is 24.3 Å². The summed E-state index contributed by atoms with van der Waals surface area (Å²) < 4.78 is 0. The number of aliphatic carboxylic acids is 1. The minimum atomic E-state index is -0.840. The minimum absolute atomic E-state index is 0.0651. The standard InChI is InChI=1S/C9H11NO3/c11-8-3-1-2-7(6-8)10-5-4-9(12)13/h1-3,6,10-11H,4-5H2,(H,12,13). The summed E-state index contributed by atoms with van der Waals surface area (Å²) >= 11 is 0. The van der Waals surface area contributed by atoms with E-state index in [1.54, 1.807) is 24.3 Å². The second-order valence-corrected chi connectivity index (χ2v) is 2.62. The van der Waals surface area contributed by atoms with E-state index >= 15 is 0 Å². The second kappa shape index (κ2) is 4.35. The van der Waals surface area contributed by atoms with Gasteiger partial charge in [0.05, 0.1) is 6.42 Å². The number of benzene rings is 1. The van der Waals surface area contributed by atoms with Crippen LogP contribution in [0.4, 0.5) is 5.69 Å². The molecule has 3 N–H and O–H groups in total. The average molecular weight is 181 g/mol. The molecule has 0 amide bonds. The van der Waals surface area contributed by atoms with E-state index in [2.05, 4.69) is 5.32 Å². The number of aromatic hydroxyl groups is 1. The van der Waals surface area contributed by atoms with Crippen molar-refractivity contribution in [1.82, 2.24) is 0 Å². The SMILES string of the molecule is O=C(O)CCNc1cccc(O)c1. The third-order valence-corrected chi connectivity index (χ3v) is 1.51. The first-order valence-electron chi connectivity index (χ1n) is 3.93. The van der Waals surface area contributed by atoms with Gasteiger partial charge in [0.25, 0.3) is 0 Å². The van der Waals surface area contributed by atoms with Gasteiger partial charge in [0, 0.05) is 18.3 Å². The van der Waals surface area contributed by atoms with Crippen LogP contribution in [0, 0.1) is 0 Å². The highest BCUT2D eigenvalue weighted by atomic mass is 16.4. The van der Waals surface area contributed by atoms with Crippen molar-refractivity contribution < 1.29 is 15.0 Å². The number of carbonyl (C=O) groups is 1. The Morgan fingerprint density at radius 2 is 2.23 bits per heavy atom. The topological polar surface area (TPSA) is 69.6 Å². The summed E-state index contributed by atoms with van der Waals surface area (Å²) in [4.78, 5) is 10.2. The molecule has 0 aromatic heterocycles. The number of hydrogen-bond donors (Lipinski definition) is 3. The van der Waals surface area contributed by atoms with E-state index < -0.39 is 5.97 Å². The molecule has 1 aromatic rings. The van der Waals surface area contributed by atoms with Crippen molar-refractivity contribution in [3.63, 3.8) is 0 Å². The highest BCUT2D eigenvalue weighted by Crippen LogP contribution is 2.14. The fourth-order valence-electron chi connectivity index (χ4n) is 0.930. The van der Waals surface area contributed by atoms with Crippen LogP contribution in [-0.2, 0) is 4.79 Å². The van der Waals surface area contributed by atoms with Crippen molar-refractivity contribution in [2.24, 2.45) is 0 Å². The zero-order valence-corrected chi connectivity index (χ0v) is 7.03. The Bertz CT molecular complexity index is 299. The second-order valence-electron chi connectivity index (χ2n) is 2.62. The summed E-state index contributed by atoms with van der Waals surface area (Å²) in [6.07, 6.45) is 0.0651. The number of phenols is 1. The van der Waals surface area contributed by atoms with Crippen LogP contribution < -0.4 is 5.32 Å². The molecule has 0 saturated carbocycles. The van der Waals surface area contributed by atoms with Gasteiger partial charge in [-0.3, -0.25) is 4.79 Å². The van der Waals surface area contributed by atoms with Gasteiger partial charge in [-0.15, -0.1) is 0 Å². The minimum Gasteiger partial charge on any atom is -0.508 e. The predicted molar refractivity (Wildman–Crippen MR) is 48.8 cm³/mol. The Labute approximate surface area is 75.8 Å². The van der Waals surface area contributed by atoms with E-state index in [9.17, 15) is 4.79 Å². The molecular weight excluding hydrogens is 170 g/mol. The molecule has 0 radical (unpaired) electrons. The lowest BCUT2D eigenvalue weighted by atomic mass is 10.3. The summed E-state index contributed by atoms with van der Waals surface area (Å²) in [6.45, 7) is 0.360. The lowest BCUT2D eigenvalue weighted by molar-refractivity contribution is -0.136. The molecule has 0 bridgehead atoms. The number of phenolic OH excluding ortho intramolecular Hbond substituents is 1. The number of hydrogen-bond acceptors (Lipinski definition) is 3. The molecule has 0 aliphatic carbocycles. The number of rotatable bonds is 4. The molecule has 0 heterocycles. The van der Waals surface area contributed by atoms with Gasteiger partial charge in [0.2, 0.25) is 0 Å². The first-order chi connectivity index (χ1) is 6.18. The lowest BCUT2D eigenvalue weighted by Gasteiger charge is -2.03. The zero-order chi connectivity index (χ0) is 9.68. The molecule has 13 heavy (non-hydrogen) atoms. The maximum absolute atomic E-state index is 10.2. The van der Waals surface area contributed by atoms with Crippen molar-refractivity contribution in [2.45, 2.75) is 6.42 Å². The average Bonchev–Trinajstić information content (AvgIpc) is 2.03. The molecule has 1 aromatic carbocycles. The predicted octanol–water partition coefficient (Wildman–Crippen LogP) is 1.28. The first-order valence-corrected chi connectivity index (χ1v) is 3.93. The zero-order valence-electron chi connectivity index (χ0n) is 7.03. The van der Waals surface area contributed by atoms with E-state index in [1.807, 2.05) is 0 Å². The maximum atomic E-state index is 10.2. The van der Waals surface area contributed by atoms with Gasteiger partial charge in [-0.05, 0) is 12.1 Å². The summed E-state index contributed by atoms with van der Waals surface area (Å²) in [5.41, 5.74) is 0.723. The van der Waals surface area contributed by atoms with Gasteiger partial charge in [-0.25, -0.2) is 0 Å². The monoisotopic (exact) mass is 181 g/mol. The third-order valence-electron chi connectivity index (χ3n) is 1.51. The largest absolute Gasteiger partial charge is 0.508 e. The van der Waals surface area contributed by atoms with Gasteiger partial charge >= 0.3 is 5.97 Å². The molecule has 70 valence electrons. The molecule has 0 saturated heterocycles. The van der Waals surface area contributed by atoms with Gasteiger partial charge in [0.15, 0.2) is 0 Å². The lowest BCUT2D eigenvalue weighted by Crippen LogP contribution is -2.07. The first kappa shape index (κ1) is 9.38. The number of nitrogens with one attached hydrogen (secondary N) is 1. The van der Waals surface area contributed by atoms with Crippen LogP contribution in [0.1, 0.15) is 6.42 Å². The van der Waals surface area contributed by atoms with Crippen molar-refractivity contribution in [2.75, 3.05) is 11.9 Å².